The molecule has 3 nitrogen and oxygen atoms in total. The molecule has 2 unspecified atom stereocenters. The van der Waals surface area contributed by atoms with Gasteiger partial charge in [-0.25, -0.2) is 4.79 Å². The van der Waals surface area contributed by atoms with Gasteiger partial charge < -0.3 is 10.2 Å². The number of hydrogen-bond donors (Lipinski definition) is 2. The molecule has 0 spiro atoms. The summed E-state index contributed by atoms with van der Waals surface area (Å²) in [7, 11) is 0. The van der Waals surface area contributed by atoms with Crippen LogP contribution in [0.5, 0.6) is 0 Å². The number of aliphatic hydroxyl groups is 1. The van der Waals surface area contributed by atoms with Crippen molar-refractivity contribution in [1.29, 1.82) is 0 Å². The molecule has 1 aliphatic rings. The molecule has 17 heavy (non-hydrogen) atoms. The lowest BCUT2D eigenvalue weighted by molar-refractivity contribution is 0.0702. The van der Waals surface area contributed by atoms with Crippen molar-refractivity contribution in [2.45, 2.75) is 48.4 Å². The van der Waals surface area contributed by atoms with Crippen LogP contribution in [0.25, 0.3) is 0 Å². The van der Waals surface area contributed by atoms with Gasteiger partial charge in [0.2, 0.25) is 0 Å². The largest absolute Gasteiger partial charge is 0.477 e. The topological polar surface area (TPSA) is 57.5 Å². The predicted octanol–water partition coefficient (Wildman–Crippen LogP) is 3.23. The molecule has 94 valence electrons. The van der Waals surface area contributed by atoms with Crippen LogP contribution in [-0.4, -0.2) is 27.5 Å². The summed E-state index contributed by atoms with van der Waals surface area (Å²) < 4.78 is 0. The summed E-state index contributed by atoms with van der Waals surface area (Å²) in [6.07, 6.45) is 5.08. The number of carbonyl (C=O) groups is 1. The van der Waals surface area contributed by atoms with Crippen molar-refractivity contribution in [2.24, 2.45) is 0 Å². The molecule has 1 aromatic rings. The van der Waals surface area contributed by atoms with Crippen molar-refractivity contribution in [3.63, 3.8) is 0 Å². The highest BCUT2D eigenvalue weighted by Gasteiger charge is 2.23. The second kappa shape index (κ2) is 5.89. The zero-order valence-corrected chi connectivity index (χ0v) is 11.1. The van der Waals surface area contributed by atoms with E-state index in [-0.39, 0.29) is 11.4 Å². The van der Waals surface area contributed by atoms with Crippen molar-refractivity contribution in [1.82, 2.24) is 0 Å². The van der Waals surface area contributed by atoms with E-state index in [2.05, 4.69) is 0 Å². The molecule has 2 N–H and O–H groups in total. The van der Waals surface area contributed by atoms with Crippen molar-refractivity contribution < 1.29 is 15.0 Å². The van der Waals surface area contributed by atoms with Crippen LogP contribution in [0.3, 0.4) is 0 Å². The lowest BCUT2D eigenvalue weighted by Gasteiger charge is -2.18. The Labute approximate surface area is 109 Å². The predicted molar refractivity (Wildman–Crippen MR) is 70.0 cm³/mol. The van der Waals surface area contributed by atoms with Gasteiger partial charge in [0.25, 0.3) is 0 Å². The maximum Gasteiger partial charge on any atom is 0.345 e. The quantitative estimate of drug-likeness (QED) is 0.829. The Morgan fingerprint density at radius 2 is 2.12 bits per heavy atom. The fourth-order valence-electron chi connectivity index (χ4n) is 2.06. The van der Waals surface area contributed by atoms with Crippen LogP contribution in [0.4, 0.5) is 0 Å². The Bertz CT molecular complexity index is 389. The lowest BCUT2D eigenvalue weighted by Crippen LogP contribution is -2.20. The van der Waals surface area contributed by atoms with Crippen LogP contribution in [0.2, 0.25) is 0 Å². The van der Waals surface area contributed by atoms with E-state index < -0.39 is 5.97 Å². The number of thioether (sulfide) groups is 1. The summed E-state index contributed by atoms with van der Waals surface area (Å²) in [6, 6.07) is 1.70. The maximum absolute atomic E-state index is 10.8. The third-order valence-corrected chi connectivity index (χ3v) is 5.42. The first-order valence-corrected chi connectivity index (χ1v) is 7.59. The highest BCUT2D eigenvalue weighted by Crippen LogP contribution is 2.35. The van der Waals surface area contributed by atoms with E-state index >= 15 is 0 Å². The van der Waals surface area contributed by atoms with Crippen molar-refractivity contribution in [2.75, 3.05) is 0 Å². The van der Waals surface area contributed by atoms with Gasteiger partial charge in [0.1, 0.15) is 4.88 Å². The minimum Gasteiger partial charge on any atom is -0.477 e. The lowest BCUT2D eigenvalue weighted by atomic mass is 10.1. The van der Waals surface area contributed by atoms with E-state index in [1.54, 1.807) is 17.8 Å². The van der Waals surface area contributed by atoms with Crippen molar-refractivity contribution in [3.8, 4) is 0 Å². The first kappa shape index (κ1) is 12.9. The Morgan fingerprint density at radius 1 is 1.35 bits per heavy atom. The van der Waals surface area contributed by atoms with Gasteiger partial charge in [-0.2, -0.15) is 0 Å². The Morgan fingerprint density at radius 3 is 2.82 bits per heavy atom. The fourth-order valence-corrected chi connectivity index (χ4v) is 4.22. The average Bonchev–Trinajstić information content (AvgIpc) is 2.66. The zero-order valence-electron chi connectivity index (χ0n) is 9.46. The summed E-state index contributed by atoms with van der Waals surface area (Å²) in [5.41, 5.74) is 0. The number of aromatic carboxylic acids is 1. The molecular weight excluding hydrogens is 256 g/mol. The first-order valence-electron chi connectivity index (χ1n) is 5.83. The number of thiophene rings is 1. The molecule has 5 heteroatoms. The normalized spacial score (nSPS) is 25.5. The molecule has 0 aromatic carbocycles. The van der Waals surface area contributed by atoms with Crippen LogP contribution in [-0.2, 0) is 0 Å². The number of hydrogen-bond acceptors (Lipinski definition) is 4. The molecule has 0 saturated heterocycles. The molecule has 1 heterocycles. The molecule has 2 rings (SSSR count). The third kappa shape index (κ3) is 3.47. The van der Waals surface area contributed by atoms with Crippen LogP contribution in [0.1, 0.15) is 41.8 Å². The minimum absolute atomic E-state index is 0.216. The van der Waals surface area contributed by atoms with Crippen LogP contribution < -0.4 is 0 Å². The van der Waals surface area contributed by atoms with E-state index in [4.69, 9.17) is 5.11 Å². The van der Waals surface area contributed by atoms with Crippen LogP contribution in [0.15, 0.2) is 16.3 Å². The smallest absolute Gasteiger partial charge is 0.345 e. The van der Waals surface area contributed by atoms with E-state index in [1.165, 1.54) is 17.8 Å². The summed E-state index contributed by atoms with van der Waals surface area (Å²) in [4.78, 5) is 12.1. The maximum atomic E-state index is 10.8. The van der Waals surface area contributed by atoms with E-state index in [9.17, 15) is 9.90 Å². The standard InChI is InChI=1S/C12H16O3S2/c13-9-4-2-1-3-5-10(9)17-8-6-11(12(14)15)16-7-8/h6-7,9-10,13H,1-5H2,(H,14,15). The van der Waals surface area contributed by atoms with Crippen LogP contribution in [0, 0.1) is 0 Å². The Balaban J connectivity index is 2.00. The SMILES string of the molecule is O=C(O)c1cc(SC2CCCCCC2O)cs1. The number of aliphatic hydroxyl groups excluding tert-OH is 1. The number of carboxylic acid groups (broad SMARTS) is 1. The second-order valence-corrected chi connectivity index (χ2v) is 6.54. The molecule has 1 fully saturated rings. The first-order chi connectivity index (χ1) is 8.16. The van der Waals surface area contributed by atoms with Gasteiger partial charge >= 0.3 is 5.97 Å². The van der Waals surface area contributed by atoms with Gasteiger partial charge in [0.05, 0.1) is 6.10 Å². The van der Waals surface area contributed by atoms with Gasteiger partial charge in [-0.15, -0.1) is 23.1 Å². The van der Waals surface area contributed by atoms with Gasteiger partial charge in [0.15, 0.2) is 0 Å². The molecule has 0 radical (unpaired) electrons. The molecule has 1 saturated carbocycles. The molecule has 0 amide bonds. The highest BCUT2D eigenvalue weighted by molar-refractivity contribution is 8.00. The van der Waals surface area contributed by atoms with E-state index in [0.717, 1.165) is 30.6 Å². The van der Waals surface area contributed by atoms with Gasteiger partial charge in [-0.3, -0.25) is 0 Å². The summed E-state index contributed by atoms with van der Waals surface area (Å²) in [5, 5.41) is 20.9. The summed E-state index contributed by atoms with van der Waals surface area (Å²) in [6.45, 7) is 0. The zero-order chi connectivity index (χ0) is 12.3. The molecule has 0 aliphatic heterocycles. The highest BCUT2D eigenvalue weighted by atomic mass is 32.2. The van der Waals surface area contributed by atoms with Crippen molar-refractivity contribution in [3.05, 3.63) is 16.3 Å². The fraction of sp³-hybridized carbons (Fsp3) is 0.583. The summed E-state index contributed by atoms with van der Waals surface area (Å²) in [5.74, 6) is -0.872. The number of carboxylic acids is 1. The van der Waals surface area contributed by atoms with Gasteiger partial charge in [0, 0.05) is 15.5 Å². The second-order valence-electron chi connectivity index (χ2n) is 4.31. The van der Waals surface area contributed by atoms with Crippen LogP contribution >= 0.6 is 23.1 Å². The molecular formula is C12H16O3S2. The molecule has 0 bridgehead atoms. The van der Waals surface area contributed by atoms with E-state index in [1.807, 2.05) is 5.38 Å². The average molecular weight is 272 g/mol. The monoisotopic (exact) mass is 272 g/mol. The Kier molecular flexibility index (Phi) is 4.48. The third-order valence-electron chi connectivity index (χ3n) is 2.99. The minimum atomic E-state index is -0.872. The van der Waals surface area contributed by atoms with Gasteiger partial charge in [-0.05, 0) is 18.9 Å². The van der Waals surface area contributed by atoms with Crippen molar-refractivity contribution >= 4 is 29.1 Å². The number of rotatable bonds is 3. The molecule has 2 atom stereocenters. The van der Waals surface area contributed by atoms with E-state index in [0.29, 0.717) is 4.88 Å². The Hall–Kier alpha value is -0.520. The van der Waals surface area contributed by atoms with Gasteiger partial charge in [-0.1, -0.05) is 19.3 Å². The molecule has 1 aromatic heterocycles. The summed E-state index contributed by atoms with van der Waals surface area (Å²) >= 11 is 2.87. The molecule has 1 aliphatic carbocycles.